The van der Waals surface area contributed by atoms with Gasteiger partial charge in [-0.05, 0) is 30.9 Å². The Balaban J connectivity index is 2.02. The number of nitrogens with zero attached hydrogens (tertiary/aromatic N) is 2. The largest absolute Gasteiger partial charge is 0.364 e. The summed E-state index contributed by atoms with van der Waals surface area (Å²) >= 11 is 0. The molecule has 1 aromatic heterocycles. The van der Waals surface area contributed by atoms with E-state index in [1.807, 2.05) is 13.8 Å². The topological polar surface area (TPSA) is 161 Å². The first kappa shape index (κ1) is 25.2. The van der Waals surface area contributed by atoms with E-state index in [2.05, 4.69) is 10.7 Å². The number of hydrogen-bond donors (Lipinski definition) is 3. The molecule has 34 heavy (non-hydrogen) atoms. The number of para-hydroxylation sites is 1. The van der Waals surface area contributed by atoms with Crippen molar-refractivity contribution >= 4 is 43.7 Å². The van der Waals surface area contributed by atoms with Crippen molar-refractivity contribution in [1.82, 2.24) is 20.3 Å². The van der Waals surface area contributed by atoms with E-state index < -0.39 is 38.9 Å². The second-order valence-electron chi connectivity index (χ2n) is 8.87. The number of hydrogen-bond acceptors (Lipinski definition) is 6. The molecule has 184 valence electrons. The van der Waals surface area contributed by atoms with E-state index in [0.29, 0.717) is 28.9 Å². The SMILES string of the molecule is CC(C)C[C@@H](C(=O)NN(C[C@@H]1CCNC1=O)C(=O)S(C)(=O)=O)n1c(C(N)=O)cc2ccccc21. The minimum atomic E-state index is -4.21. The quantitative estimate of drug-likeness (QED) is 0.489. The van der Waals surface area contributed by atoms with Crippen molar-refractivity contribution in [3.8, 4) is 0 Å². The number of nitrogens with two attached hydrogens (primary N) is 1. The number of carbonyl (C=O) groups is 4. The number of fused-ring (bicyclic) bond motifs is 1. The molecule has 0 unspecified atom stereocenters. The van der Waals surface area contributed by atoms with Crippen LogP contribution in [-0.2, 0) is 19.4 Å². The maximum atomic E-state index is 13.5. The lowest BCUT2D eigenvalue weighted by Crippen LogP contribution is -2.52. The fraction of sp³-hybridized carbons (Fsp3) is 0.455. The van der Waals surface area contributed by atoms with Gasteiger partial charge in [0.25, 0.3) is 11.8 Å². The van der Waals surface area contributed by atoms with Crippen LogP contribution >= 0.6 is 0 Å². The number of amides is 4. The number of nitrogens with one attached hydrogen (secondary N) is 2. The molecule has 3 rings (SSSR count). The molecule has 0 bridgehead atoms. The first-order chi connectivity index (χ1) is 15.9. The van der Waals surface area contributed by atoms with Gasteiger partial charge in [0.1, 0.15) is 11.7 Å². The Morgan fingerprint density at radius 2 is 1.94 bits per heavy atom. The second kappa shape index (κ2) is 9.84. The normalized spacial score (nSPS) is 16.9. The van der Waals surface area contributed by atoms with Crippen molar-refractivity contribution in [3.05, 3.63) is 36.0 Å². The highest BCUT2D eigenvalue weighted by molar-refractivity contribution is 8.05. The van der Waals surface area contributed by atoms with Gasteiger partial charge in [0.2, 0.25) is 15.7 Å². The minimum Gasteiger partial charge on any atom is -0.364 e. The van der Waals surface area contributed by atoms with Crippen LogP contribution in [-0.4, -0.2) is 60.3 Å². The Morgan fingerprint density at radius 3 is 2.50 bits per heavy atom. The summed E-state index contributed by atoms with van der Waals surface area (Å²) in [6.45, 7) is 3.87. The number of carbonyl (C=O) groups excluding carboxylic acids is 4. The molecule has 4 N–H and O–H groups in total. The van der Waals surface area contributed by atoms with Crippen molar-refractivity contribution in [2.45, 2.75) is 32.7 Å². The molecule has 11 nitrogen and oxygen atoms in total. The van der Waals surface area contributed by atoms with E-state index in [1.165, 1.54) is 4.57 Å². The van der Waals surface area contributed by atoms with Crippen molar-refractivity contribution in [3.63, 3.8) is 0 Å². The van der Waals surface area contributed by atoms with Crippen LogP contribution in [0.4, 0.5) is 4.79 Å². The van der Waals surface area contributed by atoms with Gasteiger partial charge in [0, 0.05) is 23.7 Å². The molecule has 0 spiro atoms. The van der Waals surface area contributed by atoms with E-state index in [-0.39, 0.29) is 30.5 Å². The predicted molar refractivity (Wildman–Crippen MR) is 125 cm³/mol. The van der Waals surface area contributed by atoms with Crippen LogP contribution < -0.4 is 16.5 Å². The molecule has 0 saturated carbocycles. The zero-order valence-corrected chi connectivity index (χ0v) is 20.1. The van der Waals surface area contributed by atoms with Gasteiger partial charge in [-0.3, -0.25) is 24.6 Å². The van der Waals surface area contributed by atoms with Crippen LogP contribution in [0, 0.1) is 11.8 Å². The first-order valence-corrected chi connectivity index (χ1v) is 12.8. The summed E-state index contributed by atoms with van der Waals surface area (Å²) < 4.78 is 25.5. The highest BCUT2D eigenvalue weighted by Crippen LogP contribution is 2.28. The van der Waals surface area contributed by atoms with Crippen molar-refractivity contribution in [2.24, 2.45) is 17.6 Å². The summed E-state index contributed by atoms with van der Waals surface area (Å²) in [4.78, 5) is 50.4. The molecule has 1 saturated heterocycles. The van der Waals surface area contributed by atoms with E-state index >= 15 is 0 Å². The van der Waals surface area contributed by atoms with Crippen molar-refractivity contribution in [1.29, 1.82) is 0 Å². The van der Waals surface area contributed by atoms with Crippen LogP contribution in [0.1, 0.15) is 43.2 Å². The van der Waals surface area contributed by atoms with Crippen molar-refractivity contribution < 1.29 is 27.6 Å². The molecule has 1 aliphatic heterocycles. The molecule has 2 atom stereocenters. The van der Waals surface area contributed by atoms with Gasteiger partial charge in [-0.1, -0.05) is 32.0 Å². The smallest absolute Gasteiger partial charge is 0.357 e. The molecule has 1 aromatic carbocycles. The Kier molecular flexibility index (Phi) is 7.29. The summed E-state index contributed by atoms with van der Waals surface area (Å²) in [5.74, 6) is -2.43. The average molecular weight is 492 g/mol. The summed E-state index contributed by atoms with van der Waals surface area (Å²) in [7, 11) is -4.21. The van der Waals surface area contributed by atoms with Crippen LogP contribution in [0.2, 0.25) is 0 Å². The molecule has 2 aromatic rings. The Morgan fingerprint density at radius 1 is 1.26 bits per heavy atom. The lowest BCUT2D eigenvalue weighted by atomic mass is 10.0. The van der Waals surface area contributed by atoms with Gasteiger partial charge in [-0.25, -0.2) is 13.4 Å². The highest BCUT2D eigenvalue weighted by Gasteiger charge is 2.35. The zero-order valence-electron chi connectivity index (χ0n) is 19.3. The molecular weight excluding hydrogens is 462 g/mol. The van der Waals surface area contributed by atoms with E-state index in [4.69, 9.17) is 5.73 Å². The molecular formula is C22H29N5O6S. The highest BCUT2D eigenvalue weighted by atomic mass is 32.2. The Hall–Kier alpha value is -3.41. The van der Waals surface area contributed by atoms with Gasteiger partial charge in [0.05, 0.1) is 12.5 Å². The van der Waals surface area contributed by atoms with Gasteiger partial charge in [0.15, 0.2) is 0 Å². The number of rotatable bonds is 7. The number of primary amides is 1. The molecule has 2 heterocycles. The fourth-order valence-corrected chi connectivity index (χ4v) is 4.61. The number of hydrazine groups is 1. The molecule has 1 fully saturated rings. The second-order valence-corrected chi connectivity index (χ2v) is 10.8. The number of benzene rings is 1. The third-order valence-corrected chi connectivity index (χ3v) is 6.51. The van der Waals surface area contributed by atoms with Crippen LogP contribution in [0.15, 0.2) is 30.3 Å². The van der Waals surface area contributed by atoms with E-state index in [9.17, 15) is 27.6 Å². The average Bonchev–Trinajstić information content (AvgIpc) is 3.33. The minimum absolute atomic E-state index is 0.00249. The predicted octanol–water partition coefficient (Wildman–Crippen LogP) is 0.961. The monoisotopic (exact) mass is 491 g/mol. The summed E-state index contributed by atoms with van der Waals surface area (Å²) in [6, 6.07) is 7.67. The molecule has 1 aliphatic rings. The van der Waals surface area contributed by atoms with Gasteiger partial charge < -0.3 is 15.6 Å². The lowest BCUT2D eigenvalue weighted by Gasteiger charge is -2.29. The van der Waals surface area contributed by atoms with E-state index in [1.54, 1.807) is 30.3 Å². The Bertz CT molecular complexity index is 1240. The van der Waals surface area contributed by atoms with Crippen molar-refractivity contribution in [2.75, 3.05) is 19.3 Å². The van der Waals surface area contributed by atoms with Gasteiger partial charge >= 0.3 is 5.24 Å². The van der Waals surface area contributed by atoms with Crippen LogP contribution in [0.5, 0.6) is 0 Å². The van der Waals surface area contributed by atoms with Gasteiger partial charge in [-0.15, -0.1) is 0 Å². The summed E-state index contributed by atoms with van der Waals surface area (Å²) in [6.07, 6.45) is 1.40. The maximum absolute atomic E-state index is 13.5. The number of aromatic nitrogens is 1. The van der Waals surface area contributed by atoms with Crippen LogP contribution in [0.3, 0.4) is 0 Å². The third kappa shape index (κ3) is 5.38. The number of sulfone groups is 1. The summed E-state index contributed by atoms with van der Waals surface area (Å²) in [5, 5.41) is 2.68. The lowest BCUT2D eigenvalue weighted by molar-refractivity contribution is -0.130. The zero-order chi connectivity index (χ0) is 25.2. The first-order valence-electron chi connectivity index (χ1n) is 10.9. The fourth-order valence-electron chi connectivity index (χ4n) is 4.09. The van der Waals surface area contributed by atoms with Gasteiger partial charge in [-0.2, -0.15) is 0 Å². The van der Waals surface area contributed by atoms with Crippen LogP contribution in [0.25, 0.3) is 10.9 Å². The third-order valence-electron chi connectivity index (χ3n) is 5.66. The summed E-state index contributed by atoms with van der Waals surface area (Å²) in [5.41, 5.74) is 8.71. The molecule has 4 amide bonds. The molecule has 0 radical (unpaired) electrons. The Labute approximate surface area is 197 Å². The standard InChI is InChI=1S/C22H29N5O6S/c1-13(2)10-18(27-16-7-5-4-6-14(16)11-17(27)19(23)28)21(30)25-26(22(31)34(3,32)33)12-15-8-9-24-20(15)29/h4-7,11,13,15,18H,8-10,12H2,1-3H3,(H2,23,28)(H,24,29)(H,25,30)/t15-,18-/m0/s1. The maximum Gasteiger partial charge on any atom is 0.357 e. The molecule has 12 heteroatoms. The molecule has 0 aliphatic carbocycles. The van der Waals surface area contributed by atoms with E-state index in [0.717, 1.165) is 6.26 Å².